The van der Waals surface area contributed by atoms with E-state index in [9.17, 15) is 4.79 Å². The van der Waals surface area contributed by atoms with E-state index in [0.717, 1.165) is 22.5 Å². The minimum absolute atomic E-state index is 0.00551. The number of ether oxygens (including phenoxy) is 2. The molecule has 5 rings (SSSR count). The quantitative estimate of drug-likeness (QED) is 0.467. The summed E-state index contributed by atoms with van der Waals surface area (Å²) in [6, 6.07) is 17.4. The van der Waals surface area contributed by atoms with Crippen LogP contribution in [0.4, 0.5) is 11.6 Å². The van der Waals surface area contributed by atoms with E-state index in [1.165, 1.54) is 0 Å². The molecule has 0 fully saturated rings. The summed E-state index contributed by atoms with van der Waals surface area (Å²) in [5.41, 5.74) is 3.52. The van der Waals surface area contributed by atoms with Gasteiger partial charge in [0.15, 0.2) is 0 Å². The molecule has 0 bridgehead atoms. The van der Waals surface area contributed by atoms with E-state index in [4.69, 9.17) is 14.5 Å². The molecule has 0 radical (unpaired) electrons. The molecule has 0 saturated heterocycles. The molecular weight excluding hydrogens is 444 g/mol. The van der Waals surface area contributed by atoms with Crippen molar-refractivity contribution in [1.82, 2.24) is 24.4 Å². The second-order valence-corrected chi connectivity index (χ2v) is 8.35. The minimum Gasteiger partial charge on any atom is -0.479 e. The van der Waals surface area contributed by atoms with Crippen molar-refractivity contribution in [3.8, 4) is 17.4 Å². The van der Waals surface area contributed by atoms with Gasteiger partial charge in [-0.15, -0.1) is 0 Å². The summed E-state index contributed by atoms with van der Waals surface area (Å²) in [6.07, 6.45) is 3.31. The number of pyridine rings is 2. The molecule has 9 heteroatoms. The average Bonchev–Trinajstić information content (AvgIpc) is 3.20. The lowest BCUT2D eigenvalue weighted by molar-refractivity contribution is -0.130. The normalized spacial score (nSPS) is 15.1. The first-order valence-electron chi connectivity index (χ1n) is 11.3. The number of aryl methyl sites for hydroxylation is 1. The highest BCUT2D eigenvalue weighted by atomic mass is 16.5. The van der Waals surface area contributed by atoms with Crippen LogP contribution in [-0.2, 0) is 11.3 Å². The first-order valence-corrected chi connectivity index (χ1v) is 11.3. The Hall–Kier alpha value is -4.40. The lowest BCUT2D eigenvalue weighted by atomic mass is 10.1. The number of carbonyl (C=O) groups is 1. The van der Waals surface area contributed by atoms with Crippen molar-refractivity contribution in [2.45, 2.75) is 26.5 Å². The molecule has 9 nitrogen and oxygen atoms in total. The van der Waals surface area contributed by atoms with E-state index < -0.39 is 0 Å². The maximum Gasteiger partial charge on any atom is 0.240 e. The molecule has 178 valence electrons. The van der Waals surface area contributed by atoms with Crippen LogP contribution in [0.25, 0.3) is 5.69 Å². The van der Waals surface area contributed by atoms with Gasteiger partial charge < -0.3 is 24.3 Å². The van der Waals surface area contributed by atoms with Crippen molar-refractivity contribution in [3.63, 3.8) is 0 Å². The van der Waals surface area contributed by atoms with Crippen LogP contribution in [0.15, 0.2) is 67.1 Å². The van der Waals surface area contributed by atoms with Gasteiger partial charge in [0, 0.05) is 18.7 Å². The molecule has 35 heavy (non-hydrogen) atoms. The number of benzene rings is 1. The summed E-state index contributed by atoms with van der Waals surface area (Å²) in [5.74, 6) is 2.10. The summed E-state index contributed by atoms with van der Waals surface area (Å²) >= 11 is 0. The maximum absolute atomic E-state index is 12.2. The Morgan fingerprint density at radius 3 is 2.57 bits per heavy atom. The topological polar surface area (TPSA) is 94.4 Å². The van der Waals surface area contributed by atoms with E-state index in [0.29, 0.717) is 36.5 Å². The minimum atomic E-state index is -0.319. The van der Waals surface area contributed by atoms with Gasteiger partial charge in [-0.25, -0.2) is 4.98 Å². The molecule has 1 aliphatic heterocycles. The Morgan fingerprint density at radius 1 is 1.09 bits per heavy atom. The number of carbonyl (C=O) groups excluding carboxylic acids is 1. The molecule has 1 atom stereocenters. The Bertz CT molecular complexity index is 1350. The molecule has 0 aliphatic carbocycles. The van der Waals surface area contributed by atoms with E-state index in [2.05, 4.69) is 15.3 Å². The van der Waals surface area contributed by atoms with Crippen molar-refractivity contribution in [2.75, 3.05) is 19.0 Å². The van der Waals surface area contributed by atoms with Gasteiger partial charge in [0.2, 0.25) is 17.7 Å². The SMILES string of the molecule is COc1nc(Nc2ccc3c(n2)O[C@H](c2ccccc2)CN(C(C)=O)C3)ccc1-n1cnc(C)c1. The maximum atomic E-state index is 12.2. The fourth-order valence-corrected chi connectivity index (χ4v) is 4.02. The van der Waals surface area contributed by atoms with Crippen LogP contribution in [-0.4, -0.2) is 44.0 Å². The zero-order chi connectivity index (χ0) is 24.4. The van der Waals surface area contributed by atoms with Crippen LogP contribution in [0.1, 0.15) is 29.8 Å². The van der Waals surface area contributed by atoms with Crippen LogP contribution in [0, 0.1) is 6.92 Å². The molecule has 4 heterocycles. The number of anilines is 2. The highest BCUT2D eigenvalue weighted by Gasteiger charge is 2.27. The van der Waals surface area contributed by atoms with E-state index >= 15 is 0 Å². The summed E-state index contributed by atoms with van der Waals surface area (Å²) in [7, 11) is 1.58. The Kier molecular flexibility index (Phi) is 6.05. The first kappa shape index (κ1) is 22.4. The predicted octanol–water partition coefficient (Wildman–Crippen LogP) is 4.21. The molecule has 1 aliphatic rings. The summed E-state index contributed by atoms with van der Waals surface area (Å²) in [6.45, 7) is 4.39. The zero-order valence-electron chi connectivity index (χ0n) is 19.8. The predicted molar refractivity (Wildman–Crippen MR) is 131 cm³/mol. The number of imidazole rings is 1. The number of methoxy groups -OCH3 is 1. The first-order chi connectivity index (χ1) is 17.0. The number of rotatable bonds is 5. The van der Waals surface area contributed by atoms with Crippen LogP contribution in [0.5, 0.6) is 11.8 Å². The van der Waals surface area contributed by atoms with Crippen molar-refractivity contribution in [3.05, 3.63) is 83.9 Å². The van der Waals surface area contributed by atoms with Gasteiger partial charge >= 0.3 is 0 Å². The molecule has 4 aromatic rings. The second-order valence-electron chi connectivity index (χ2n) is 8.35. The number of nitrogens with zero attached hydrogens (tertiary/aromatic N) is 5. The third-order valence-electron chi connectivity index (χ3n) is 5.84. The van der Waals surface area contributed by atoms with Gasteiger partial charge in [0.1, 0.15) is 23.4 Å². The smallest absolute Gasteiger partial charge is 0.240 e. The van der Waals surface area contributed by atoms with E-state index in [-0.39, 0.29) is 12.0 Å². The Labute approximate surface area is 203 Å². The highest BCUT2D eigenvalue weighted by Crippen LogP contribution is 2.32. The number of aromatic nitrogens is 4. The summed E-state index contributed by atoms with van der Waals surface area (Å²) in [4.78, 5) is 27.6. The van der Waals surface area contributed by atoms with Crippen molar-refractivity contribution in [2.24, 2.45) is 0 Å². The number of amides is 1. The fraction of sp³-hybridized carbons (Fsp3) is 0.231. The molecule has 1 amide bonds. The Balaban J connectivity index is 1.43. The van der Waals surface area contributed by atoms with E-state index in [1.807, 2.05) is 72.3 Å². The standard InChI is InChI=1S/C26H26N6O3/c1-17-13-32(16-27-17)21-10-12-24(30-26(21)34-3)28-23-11-9-20-14-31(18(2)33)15-22(35-25(20)29-23)19-7-5-4-6-8-19/h4-13,16,22H,14-15H2,1-3H3,(H,28,29,30)/t22-/m0/s1. The molecule has 1 N–H and O–H groups in total. The highest BCUT2D eigenvalue weighted by molar-refractivity contribution is 5.73. The van der Waals surface area contributed by atoms with Crippen LogP contribution < -0.4 is 14.8 Å². The van der Waals surface area contributed by atoms with Gasteiger partial charge in [-0.2, -0.15) is 9.97 Å². The third kappa shape index (κ3) is 4.79. The Morgan fingerprint density at radius 2 is 1.86 bits per heavy atom. The van der Waals surface area contributed by atoms with Gasteiger partial charge in [-0.1, -0.05) is 30.3 Å². The van der Waals surface area contributed by atoms with Crippen LogP contribution >= 0.6 is 0 Å². The van der Waals surface area contributed by atoms with Crippen LogP contribution in [0.2, 0.25) is 0 Å². The fourth-order valence-electron chi connectivity index (χ4n) is 4.02. The monoisotopic (exact) mass is 470 g/mol. The van der Waals surface area contributed by atoms with Gasteiger partial charge in [-0.3, -0.25) is 4.79 Å². The lowest BCUT2D eigenvalue weighted by Crippen LogP contribution is -2.32. The summed E-state index contributed by atoms with van der Waals surface area (Å²) < 4.78 is 13.7. The van der Waals surface area contributed by atoms with Crippen molar-refractivity contribution in [1.29, 1.82) is 0 Å². The lowest BCUT2D eigenvalue weighted by Gasteiger charge is -2.22. The molecule has 0 unspecified atom stereocenters. The number of nitrogens with one attached hydrogen (secondary N) is 1. The molecule has 1 aromatic carbocycles. The second kappa shape index (κ2) is 9.46. The van der Waals surface area contributed by atoms with Crippen molar-refractivity contribution >= 4 is 17.5 Å². The number of fused-ring (bicyclic) bond motifs is 1. The van der Waals surface area contributed by atoms with Crippen LogP contribution in [0.3, 0.4) is 0 Å². The van der Waals surface area contributed by atoms with Gasteiger partial charge in [-0.05, 0) is 36.8 Å². The molecule has 3 aromatic heterocycles. The third-order valence-corrected chi connectivity index (χ3v) is 5.84. The van der Waals surface area contributed by atoms with Crippen molar-refractivity contribution < 1.29 is 14.3 Å². The number of hydrogen-bond donors (Lipinski definition) is 1. The largest absolute Gasteiger partial charge is 0.479 e. The number of hydrogen-bond acceptors (Lipinski definition) is 7. The average molecular weight is 471 g/mol. The molecule has 0 saturated carbocycles. The van der Waals surface area contributed by atoms with Gasteiger partial charge in [0.25, 0.3) is 0 Å². The summed E-state index contributed by atoms with van der Waals surface area (Å²) in [5, 5.41) is 3.23. The zero-order valence-corrected chi connectivity index (χ0v) is 19.8. The van der Waals surface area contributed by atoms with E-state index in [1.54, 1.807) is 25.3 Å². The molecular formula is C26H26N6O3. The van der Waals surface area contributed by atoms with Gasteiger partial charge in [0.05, 0.1) is 32.2 Å². The molecule has 0 spiro atoms.